The third kappa shape index (κ3) is 7.29. The first-order valence-electron chi connectivity index (χ1n) is 9.50. The summed E-state index contributed by atoms with van der Waals surface area (Å²) < 4.78 is 26.4. The van der Waals surface area contributed by atoms with Gasteiger partial charge in [-0.3, -0.25) is 4.79 Å². The summed E-state index contributed by atoms with van der Waals surface area (Å²) in [4.78, 5) is 14.7. The van der Waals surface area contributed by atoms with Gasteiger partial charge in [-0.05, 0) is 63.2 Å². The van der Waals surface area contributed by atoms with Gasteiger partial charge in [-0.1, -0.05) is 12.8 Å². The Morgan fingerprint density at radius 3 is 2.37 bits per heavy atom. The number of rotatable bonds is 9. The molecular formula is C19H28N4O3S. The van der Waals surface area contributed by atoms with Crippen molar-refractivity contribution < 1.29 is 13.2 Å². The van der Waals surface area contributed by atoms with Gasteiger partial charge in [0, 0.05) is 25.1 Å². The molecule has 1 aromatic carbocycles. The Morgan fingerprint density at radius 1 is 1.07 bits per heavy atom. The fraction of sp³-hybridized carbons (Fsp3) is 0.579. The molecule has 0 atom stereocenters. The molecule has 2 N–H and O–H groups in total. The lowest BCUT2D eigenvalue weighted by atomic mass is 10.2. The Morgan fingerprint density at radius 2 is 1.74 bits per heavy atom. The van der Waals surface area contributed by atoms with Gasteiger partial charge in [-0.25, -0.2) is 13.1 Å². The van der Waals surface area contributed by atoms with Crippen molar-refractivity contribution in [2.45, 2.75) is 43.4 Å². The maximum atomic E-state index is 12.2. The molecule has 0 radical (unpaired) electrons. The first-order chi connectivity index (χ1) is 13.0. The molecule has 1 heterocycles. The Labute approximate surface area is 161 Å². The summed E-state index contributed by atoms with van der Waals surface area (Å²) in [5, 5.41) is 11.4. The van der Waals surface area contributed by atoms with Gasteiger partial charge in [0.2, 0.25) is 10.0 Å². The summed E-state index contributed by atoms with van der Waals surface area (Å²) in [7, 11) is -3.65. The van der Waals surface area contributed by atoms with Crippen molar-refractivity contribution in [2.75, 3.05) is 32.7 Å². The lowest BCUT2D eigenvalue weighted by Crippen LogP contribution is -2.30. The smallest absolute Gasteiger partial charge is 0.251 e. The molecule has 27 heavy (non-hydrogen) atoms. The van der Waals surface area contributed by atoms with E-state index in [9.17, 15) is 13.2 Å². The van der Waals surface area contributed by atoms with Crippen LogP contribution in [0.5, 0.6) is 0 Å². The topological polar surface area (TPSA) is 102 Å². The monoisotopic (exact) mass is 392 g/mol. The number of hydrogen-bond donors (Lipinski definition) is 2. The Bertz CT molecular complexity index is 733. The lowest BCUT2D eigenvalue weighted by Gasteiger charge is -2.19. The fourth-order valence-corrected chi connectivity index (χ4v) is 4.11. The second-order valence-corrected chi connectivity index (χ2v) is 8.46. The van der Waals surface area contributed by atoms with Gasteiger partial charge in [0.05, 0.1) is 11.0 Å². The third-order valence-corrected chi connectivity index (χ3v) is 6.07. The number of amides is 1. The lowest BCUT2D eigenvalue weighted by molar-refractivity contribution is 0.0951. The summed E-state index contributed by atoms with van der Waals surface area (Å²) in [5.41, 5.74) is 0.431. The van der Waals surface area contributed by atoms with E-state index in [1.54, 1.807) is 0 Å². The van der Waals surface area contributed by atoms with Gasteiger partial charge in [0.1, 0.15) is 0 Å². The van der Waals surface area contributed by atoms with E-state index in [1.165, 1.54) is 49.9 Å². The molecule has 8 heteroatoms. The standard InChI is InChI=1S/C19H28N4O3S/c20-11-5-13-22-27(25,26)18-9-7-17(8-10-18)19(24)21-12-6-16-23-14-3-1-2-4-15-23/h7-10,22H,1-6,12-16H2,(H,21,24). The van der Waals surface area contributed by atoms with E-state index in [-0.39, 0.29) is 23.8 Å². The van der Waals surface area contributed by atoms with Gasteiger partial charge >= 0.3 is 0 Å². The van der Waals surface area contributed by atoms with Crippen LogP contribution < -0.4 is 10.0 Å². The fourth-order valence-electron chi connectivity index (χ4n) is 3.08. The zero-order chi connectivity index (χ0) is 19.5. The van der Waals surface area contributed by atoms with E-state index in [2.05, 4.69) is 14.9 Å². The SMILES string of the molecule is N#CCCNS(=O)(=O)c1ccc(C(=O)NCCCN2CCCCCC2)cc1. The van der Waals surface area contributed by atoms with E-state index < -0.39 is 10.0 Å². The predicted molar refractivity (Wildman–Crippen MR) is 104 cm³/mol. The van der Waals surface area contributed by atoms with Crippen LogP contribution in [0.3, 0.4) is 0 Å². The van der Waals surface area contributed by atoms with E-state index in [0.29, 0.717) is 12.1 Å². The van der Waals surface area contributed by atoms with Crippen LogP contribution in [0, 0.1) is 11.3 Å². The number of nitrogens with one attached hydrogen (secondary N) is 2. The zero-order valence-electron chi connectivity index (χ0n) is 15.6. The molecule has 0 aliphatic carbocycles. The van der Waals surface area contributed by atoms with E-state index in [1.807, 2.05) is 6.07 Å². The Balaban J connectivity index is 1.77. The van der Waals surface area contributed by atoms with E-state index >= 15 is 0 Å². The highest BCUT2D eigenvalue weighted by Gasteiger charge is 2.14. The summed E-state index contributed by atoms with van der Waals surface area (Å²) in [6.45, 7) is 3.95. The van der Waals surface area contributed by atoms with Crippen LogP contribution in [-0.2, 0) is 10.0 Å². The molecule has 1 aromatic rings. The van der Waals surface area contributed by atoms with Crippen molar-refractivity contribution in [3.05, 3.63) is 29.8 Å². The molecule has 1 fully saturated rings. The average molecular weight is 393 g/mol. The Kier molecular flexibility index (Phi) is 8.72. The predicted octanol–water partition coefficient (Wildman–Crippen LogP) is 1.87. The van der Waals surface area contributed by atoms with Gasteiger partial charge in [0.25, 0.3) is 5.91 Å². The van der Waals surface area contributed by atoms with Crippen LogP contribution in [-0.4, -0.2) is 51.9 Å². The van der Waals surface area contributed by atoms with Crippen molar-refractivity contribution in [1.82, 2.24) is 14.9 Å². The van der Waals surface area contributed by atoms with Crippen LogP contribution >= 0.6 is 0 Å². The number of sulfonamides is 1. The van der Waals surface area contributed by atoms with Gasteiger partial charge in [-0.15, -0.1) is 0 Å². The average Bonchev–Trinajstić information content (AvgIpc) is 2.94. The van der Waals surface area contributed by atoms with Crippen LogP contribution in [0.2, 0.25) is 0 Å². The van der Waals surface area contributed by atoms with Crippen molar-refractivity contribution in [3.63, 3.8) is 0 Å². The van der Waals surface area contributed by atoms with Gasteiger partial charge < -0.3 is 10.2 Å². The molecule has 1 amide bonds. The Hall–Kier alpha value is -1.95. The summed E-state index contributed by atoms with van der Waals surface area (Å²) in [6, 6.07) is 7.69. The molecule has 1 aliphatic rings. The molecular weight excluding hydrogens is 364 g/mol. The molecule has 7 nitrogen and oxygen atoms in total. The number of hydrogen-bond acceptors (Lipinski definition) is 5. The molecule has 0 bridgehead atoms. The van der Waals surface area contributed by atoms with E-state index in [4.69, 9.17) is 5.26 Å². The summed E-state index contributed by atoms with van der Waals surface area (Å²) in [5.74, 6) is -0.202. The molecule has 148 valence electrons. The molecule has 2 rings (SSSR count). The van der Waals surface area contributed by atoms with E-state index in [0.717, 1.165) is 26.1 Å². The van der Waals surface area contributed by atoms with Crippen molar-refractivity contribution >= 4 is 15.9 Å². The minimum absolute atomic E-state index is 0.0675. The summed E-state index contributed by atoms with van der Waals surface area (Å²) >= 11 is 0. The number of carbonyl (C=O) groups is 1. The quantitative estimate of drug-likeness (QED) is 0.625. The molecule has 0 aromatic heterocycles. The van der Waals surface area contributed by atoms with Crippen LogP contribution in [0.1, 0.15) is 48.9 Å². The van der Waals surface area contributed by atoms with Crippen LogP contribution in [0.15, 0.2) is 29.2 Å². The summed E-state index contributed by atoms with van der Waals surface area (Å²) in [6.07, 6.45) is 6.15. The van der Waals surface area contributed by atoms with Crippen molar-refractivity contribution in [1.29, 1.82) is 5.26 Å². The number of carbonyl (C=O) groups excluding carboxylic acids is 1. The minimum Gasteiger partial charge on any atom is -0.352 e. The maximum Gasteiger partial charge on any atom is 0.251 e. The largest absolute Gasteiger partial charge is 0.352 e. The first kappa shape index (κ1) is 21.4. The highest BCUT2D eigenvalue weighted by Crippen LogP contribution is 2.11. The molecule has 1 saturated heterocycles. The normalized spacial score (nSPS) is 15.7. The number of nitriles is 1. The third-order valence-electron chi connectivity index (χ3n) is 4.59. The number of benzene rings is 1. The zero-order valence-corrected chi connectivity index (χ0v) is 16.4. The highest BCUT2D eigenvalue weighted by molar-refractivity contribution is 7.89. The molecule has 1 aliphatic heterocycles. The van der Waals surface area contributed by atoms with Gasteiger partial charge in [-0.2, -0.15) is 5.26 Å². The molecule has 0 saturated carbocycles. The maximum absolute atomic E-state index is 12.2. The molecule has 0 spiro atoms. The van der Waals surface area contributed by atoms with Crippen molar-refractivity contribution in [2.24, 2.45) is 0 Å². The second kappa shape index (κ2) is 11.0. The van der Waals surface area contributed by atoms with Crippen LogP contribution in [0.4, 0.5) is 0 Å². The second-order valence-electron chi connectivity index (χ2n) is 6.70. The number of nitrogens with zero attached hydrogens (tertiary/aromatic N) is 2. The number of likely N-dealkylation sites (tertiary alicyclic amines) is 1. The highest BCUT2D eigenvalue weighted by atomic mass is 32.2. The van der Waals surface area contributed by atoms with Crippen molar-refractivity contribution in [3.8, 4) is 6.07 Å². The van der Waals surface area contributed by atoms with Gasteiger partial charge in [0.15, 0.2) is 0 Å². The van der Waals surface area contributed by atoms with Crippen LogP contribution in [0.25, 0.3) is 0 Å². The first-order valence-corrected chi connectivity index (χ1v) is 11.0. The minimum atomic E-state index is -3.65. The molecule has 0 unspecified atom stereocenters.